The van der Waals surface area contributed by atoms with Crippen LogP contribution in [0, 0.1) is 0 Å². The summed E-state index contributed by atoms with van der Waals surface area (Å²) < 4.78 is 6.36. The second kappa shape index (κ2) is 7.62. The molecule has 1 aliphatic rings. The smallest absolute Gasteiger partial charge is 0.410 e. The van der Waals surface area contributed by atoms with Gasteiger partial charge in [-0.3, -0.25) is 0 Å². The lowest BCUT2D eigenvalue weighted by Gasteiger charge is -2.31. The Labute approximate surface area is 147 Å². The Balaban J connectivity index is 1.90. The highest BCUT2D eigenvalue weighted by Crippen LogP contribution is 2.22. The number of likely N-dealkylation sites (N-methyl/N-ethyl adjacent to an activating group) is 1. The lowest BCUT2D eigenvalue weighted by atomic mass is 10.2. The predicted molar refractivity (Wildman–Crippen MR) is 94.2 cm³/mol. The van der Waals surface area contributed by atoms with Crippen molar-refractivity contribution >= 4 is 22.0 Å². The molecule has 6 heteroatoms. The molecule has 1 saturated heterocycles. The van der Waals surface area contributed by atoms with E-state index in [0.29, 0.717) is 0 Å². The summed E-state index contributed by atoms with van der Waals surface area (Å²) in [5.74, 6) is 0. The molecule has 1 aromatic heterocycles. The minimum absolute atomic E-state index is 0.196. The fourth-order valence-electron chi connectivity index (χ4n) is 2.82. The molecule has 0 spiro atoms. The van der Waals surface area contributed by atoms with E-state index in [1.54, 1.807) is 0 Å². The molecular weight excluding hydrogens is 358 g/mol. The van der Waals surface area contributed by atoms with Gasteiger partial charge in [0.05, 0.1) is 0 Å². The third-order valence-electron chi connectivity index (χ3n) is 3.77. The second-order valence-corrected chi connectivity index (χ2v) is 7.97. The summed E-state index contributed by atoms with van der Waals surface area (Å²) in [5, 5.41) is 0. The number of hydrogen-bond acceptors (Lipinski definition) is 4. The molecule has 1 aromatic rings. The van der Waals surface area contributed by atoms with E-state index >= 15 is 0 Å². The molecule has 1 atom stereocenters. The molecule has 1 aliphatic heterocycles. The Morgan fingerprint density at radius 3 is 2.83 bits per heavy atom. The van der Waals surface area contributed by atoms with Crippen LogP contribution in [-0.2, 0) is 11.3 Å². The molecule has 0 saturated carbocycles. The molecule has 1 amide bonds. The van der Waals surface area contributed by atoms with Crippen LogP contribution in [0.1, 0.15) is 39.2 Å². The lowest BCUT2D eigenvalue weighted by Crippen LogP contribution is -2.44. The average molecular weight is 384 g/mol. The number of halogens is 1. The third kappa shape index (κ3) is 5.77. The van der Waals surface area contributed by atoms with Gasteiger partial charge in [0.15, 0.2) is 0 Å². The first-order chi connectivity index (χ1) is 10.7. The van der Waals surface area contributed by atoms with Crippen LogP contribution in [0.25, 0.3) is 0 Å². The van der Waals surface area contributed by atoms with Crippen molar-refractivity contribution in [2.75, 3.05) is 20.1 Å². The van der Waals surface area contributed by atoms with Crippen molar-refractivity contribution in [3.05, 3.63) is 28.5 Å². The lowest BCUT2D eigenvalue weighted by molar-refractivity contribution is 0.0201. The fourth-order valence-corrected chi connectivity index (χ4v) is 3.06. The topological polar surface area (TPSA) is 45.7 Å². The monoisotopic (exact) mass is 383 g/mol. The summed E-state index contributed by atoms with van der Waals surface area (Å²) in [4.78, 5) is 20.7. The van der Waals surface area contributed by atoms with Gasteiger partial charge >= 0.3 is 6.09 Å². The number of ether oxygens (including phenoxy) is 1. The van der Waals surface area contributed by atoms with Crippen molar-refractivity contribution in [3.8, 4) is 0 Å². The second-order valence-electron chi connectivity index (χ2n) is 7.16. The molecule has 0 aromatic carbocycles. The number of aromatic nitrogens is 1. The number of amides is 1. The van der Waals surface area contributed by atoms with Crippen molar-refractivity contribution < 1.29 is 9.53 Å². The number of nitrogens with zero attached hydrogens (tertiary/aromatic N) is 3. The molecular formula is C17H26BrN3O2. The van der Waals surface area contributed by atoms with E-state index in [0.717, 1.165) is 42.6 Å². The molecule has 2 rings (SSSR count). The Morgan fingerprint density at radius 2 is 2.22 bits per heavy atom. The molecule has 1 fully saturated rings. The first kappa shape index (κ1) is 18.2. The van der Waals surface area contributed by atoms with Crippen LogP contribution in [0.2, 0.25) is 0 Å². The summed E-state index contributed by atoms with van der Waals surface area (Å²) in [7, 11) is 2.08. The highest BCUT2D eigenvalue weighted by atomic mass is 79.9. The molecule has 5 nitrogen and oxygen atoms in total. The molecule has 0 N–H and O–H groups in total. The highest BCUT2D eigenvalue weighted by Gasteiger charge is 2.32. The maximum atomic E-state index is 12.3. The zero-order valence-corrected chi connectivity index (χ0v) is 16.0. The molecule has 0 bridgehead atoms. The number of carbonyl (C=O) groups is 1. The zero-order chi connectivity index (χ0) is 17.0. The number of pyridine rings is 1. The van der Waals surface area contributed by atoms with Crippen molar-refractivity contribution in [1.29, 1.82) is 0 Å². The van der Waals surface area contributed by atoms with E-state index in [-0.39, 0.29) is 12.1 Å². The van der Waals surface area contributed by atoms with Crippen LogP contribution in [-0.4, -0.2) is 52.7 Å². The highest BCUT2D eigenvalue weighted by molar-refractivity contribution is 9.10. The van der Waals surface area contributed by atoms with Gasteiger partial charge in [0.2, 0.25) is 0 Å². The van der Waals surface area contributed by atoms with Gasteiger partial charge in [-0.15, -0.1) is 0 Å². The number of rotatable bonds is 4. The van der Waals surface area contributed by atoms with E-state index < -0.39 is 5.60 Å². The summed E-state index contributed by atoms with van der Waals surface area (Å²) >= 11 is 3.35. The quantitative estimate of drug-likeness (QED) is 0.743. The van der Waals surface area contributed by atoms with Gasteiger partial charge in [-0.25, -0.2) is 9.78 Å². The van der Waals surface area contributed by atoms with Gasteiger partial charge in [-0.05, 0) is 68.2 Å². The maximum absolute atomic E-state index is 12.3. The van der Waals surface area contributed by atoms with Gasteiger partial charge in [-0.2, -0.15) is 0 Å². The summed E-state index contributed by atoms with van der Waals surface area (Å²) in [5.41, 5.74) is 0.719. The standard InChI is InChI=1S/C17H26BrN3O2/c1-17(2,3)23-16(22)21-9-5-6-14(21)12-20(4)11-13-7-8-15(18)19-10-13/h7-8,10,14H,5-6,9,11-12H2,1-4H3/t14-/m1/s1. The van der Waals surface area contributed by atoms with Crippen LogP contribution in [0.3, 0.4) is 0 Å². The van der Waals surface area contributed by atoms with Crippen LogP contribution >= 0.6 is 15.9 Å². The summed E-state index contributed by atoms with van der Waals surface area (Å²) in [6.45, 7) is 8.16. The first-order valence-corrected chi connectivity index (χ1v) is 8.82. The van der Waals surface area contributed by atoms with Gasteiger partial charge in [0.25, 0.3) is 0 Å². The van der Waals surface area contributed by atoms with Gasteiger partial charge in [-0.1, -0.05) is 6.07 Å². The molecule has 2 heterocycles. The van der Waals surface area contributed by atoms with Crippen LogP contribution in [0.15, 0.2) is 22.9 Å². The van der Waals surface area contributed by atoms with Crippen molar-refractivity contribution in [1.82, 2.24) is 14.8 Å². The summed E-state index contributed by atoms with van der Waals surface area (Å²) in [6.07, 6.45) is 3.75. The van der Waals surface area contributed by atoms with E-state index in [2.05, 4.69) is 38.9 Å². The van der Waals surface area contributed by atoms with Crippen LogP contribution < -0.4 is 0 Å². The van der Waals surface area contributed by atoms with Gasteiger partial charge in [0, 0.05) is 31.9 Å². The minimum atomic E-state index is -0.445. The SMILES string of the molecule is CN(Cc1ccc(Br)nc1)C[C@H]1CCCN1C(=O)OC(C)(C)C. The largest absolute Gasteiger partial charge is 0.444 e. The molecule has 0 unspecified atom stereocenters. The van der Waals surface area contributed by atoms with E-state index in [9.17, 15) is 4.79 Å². The molecule has 128 valence electrons. The fraction of sp³-hybridized carbons (Fsp3) is 0.647. The van der Waals surface area contributed by atoms with Crippen molar-refractivity contribution in [2.24, 2.45) is 0 Å². The van der Waals surface area contributed by atoms with Crippen LogP contribution in [0.5, 0.6) is 0 Å². The van der Waals surface area contributed by atoms with E-state index in [1.165, 1.54) is 0 Å². The van der Waals surface area contributed by atoms with Gasteiger partial charge in [0.1, 0.15) is 10.2 Å². The third-order valence-corrected chi connectivity index (χ3v) is 4.24. The number of carbonyl (C=O) groups excluding carboxylic acids is 1. The van der Waals surface area contributed by atoms with E-state index in [1.807, 2.05) is 37.9 Å². The molecule has 0 radical (unpaired) electrons. The van der Waals surface area contributed by atoms with Crippen LogP contribution in [0.4, 0.5) is 4.79 Å². The maximum Gasteiger partial charge on any atom is 0.410 e. The Hall–Kier alpha value is -1.14. The normalized spacial score (nSPS) is 18.5. The van der Waals surface area contributed by atoms with Crippen molar-refractivity contribution in [2.45, 2.75) is 51.8 Å². The Morgan fingerprint density at radius 1 is 1.48 bits per heavy atom. The summed E-state index contributed by atoms with van der Waals surface area (Å²) in [6, 6.07) is 4.23. The molecule has 0 aliphatic carbocycles. The average Bonchev–Trinajstić information content (AvgIpc) is 2.87. The van der Waals surface area contributed by atoms with E-state index in [4.69, 9.17) is 4.74 Å². The Kier molecular flexibility index (Phi) is 6.03. The minimum Gasteiger partial charge on any atom is -0.444 e. The van der Waals surface area contributed by atoms with Gasteiger partial charge < -0.3 is 14.5 Å². The Bertz CT molecular complexity index is 528. The zero-order valence-electron chi connectivity index (χ0n) is 14.4. The first-order valence-electron chi connectivity index (χ1n) is 8.03. The number of likely N-dealkylation sites (tertiary alicyclic amines) is 1. The van der Waals surface area contributed by atoms with Crippen molar-refractivity contribution in [3.63, 3.8) is 0 Å². The molecule has 23 heavy (non-hydrogen) atoms. The predicted octanol–water partition coefficient (Wildman–Crippen LogP) is 3.68. The number of hydrogen-bond donors (Lipinski definition) is 0.